The van der Waals surface area contributed by atoms with Gasteiger partial charge in [0, 0.05) is 6.20 Å². The van der Waals surface area contributed by atoms with Crippen LogP contribution in [0.5, 0.6) is 5.75 Å². The fourth-order valence-electron chi connectivity index (χ4n) is 2.13. The van der Waals surface area contributed by atoms with Crippen molar-refractivity contribution in [1.29, 1.82) is 5.26 Å². The normalized spacial score (nSPS) is 12.1. The van der Waals surface area contributed by atoms with Gasteiger partial charge in [0.05, 0.1) is 22.9 Å². The summed E-state index contributed by atoms with van der Waals surface area (Å²) in [6.45, 7) is 3.46. The van der Waals surface area contributed by atoms with Crippen molar-refractivity contribution in [3.63, 3.8) is 0 Å². The number of ether oxygens (including phenoxy) is 1. The number of carbonyl (C=O) groups excluding carboxylic acids is 1. The third kappa shape index (κ3) is 4.23. The Morgan fingerprint density at radius 2 is 2.12 bits per heavy atom. The van der Waals surface area contributed by atoms with Crippen molar-refractivity contribution in [1.82, 2.24) is 4.98 Å². The van der Waals surface area contributed by atoms with Crippen LogP contribution in [0.3, 0.4) is 0 Å². The van der Waals surface area contributed by atoms with Crippen LogP contribution in [-0.2, 0) is 6.18 Å². The molecule has 0 N–H and O–H groups in total. The highest BCUT2D eigenvalue weighted by Gasteiger charge is 2.33. The Kier molecular flexibility index (Phi) is 5.55. The van der Waals surface area contributed by atoms with E-state index in [-0.39, 0.29) is 23.6 Å². The zero-order valence-corrected chi connectivity index (χ0v) is 13.0. The minimum atomic E-state index is -4.63. The van der Waals surface area contributed by atoms with Gasteiger partial charge in [0.15, 0.2) is 11.7 Å². The van der Waals surface area contributed by atoms with E-state index >= 15 is 0 Å². The van der Waals surface area contributed by atoms with E-state index < -0.39 is 23.4 Å². The van der Waals surface area contributed by atoms with Crippen molar-refractivity contribution in [2.75, 3.05) is 6.61 Å². The largest absolute Gasteiger partial charge is 0.489 e. The Morgan fingerprint density at radius 3 is 2.68 bits per heavy atom. The lowest BCUT2D eigenvalue weighted by atomic mass is 9.93. The monoisotopic (exact) mass is 346 g/mol. The molecule has 1 aromatic carbocycles. The summed E-state index contributed by atoms with van der Waals surface area (Å²) < 4.78 is 44.2. The first-order valence-electron chi connectivity index (χ1n) is 7.18. The van der Waals surface area contributed by atoms with Gasteiger partial charge in [-0.25, -0.2) is 0 Å². The molecule has 1 heterocycles. The van der Waals surface area contributed by atoms with Crippen LogP contribution in [0.15, 0.2) is 55.3 Å². The maximum Gasteiger partial charge on any atom is 0.416 e. The van der Waals surface area contributed by atoms with E-state index in [1.165, 1.54) is 18.3 Å². The molecule has 128 valence electrons. The van der Waals surface area contributed by atoms with E-state index in [4.69, 9.17) is 4.74 Å². The van der Waals surface area contributed by atoms with Gasteiger partial charge in [-0.2, -0.15) is 18.4 Å². The van der Waals surface area contributed by atoms with Crippen molar-refractivity contribution in [2.24, 2.45) is 0 Å². The first-order chi connectivity index (χ1) is 11.9. The predicted molar refractivity (Wildman–Crippen MR) is 84.1 cm³/mol. The number of hydrogen-bond donors (Lipinski definition) is 0. The zero-order valence-electron chi connectivity index (χ0n) is 13.0. The molecule has 0 aliphatic carbocycles. The summed E-state index contributed by atoms with van der Waals surface area (Å²) in [5.74, 6) is -2.20. The number of ketones is 1. The van der Waals surface area contributed by atoms with Gasteiger partial charge in [0.1, 0.15) is 12.4 Å². The smallest absolute Gasteiger partial charge is 0.416 e. The van der Waals surface area contributed by atoms with Gasteiger partial charge in [0.2, 0.25) is 0 Å². The predicted octanol–water partition coefficient (Wildman–Crippen LogP) is 4.16. The Morgan fingerprint density at radius 1 is 1.36 bits per heavy atom. The van der Waals surface area contributed by atoms with Crippen LogP contribution >= 0.6 is 0 Å². The van der Waals surface area contributed by atoms with Gasteiger partial charge in [-0.3, -0.25) is 9.78 Å². The molecule has 0 amide bonds. The Hall–Kier alpha value is -3.14. The lowest BCUT2D eigenvalue weighted by molar-refractivity contribution is -0.137. The van der Waals surface area contributed by atoms with Gasteiger partial charge >= 0.3 is 6.18 Å². The second-order valence-corrected chi connectivity index (χ2v) is 4.99. The van der Waals surface area contributed by atoms with Gasteiger partial charge in [-0.15, -0.1) is 0 Å². The van der Waals surface area contributed by atoms with Crippen LogP contribution in [0, 0.1) is 11.3 Å². The SMILES string of the molecule is C=CCOc1ccc(C(F)(F)F)cc1C(=O)[C@H](C#N)c1ccccn1. The molecule has 0 saturated heterocycles. The van der Waals surface area contributed by atoms with Crippen molar-refractivity contribution < 1.29 is 22.7 Å². The fraction of sp³-hybridized carbons (Fsp3) is 0.167. The molecule has 0 saturated carbocycles. The summed E-state index contributed by atoms with van der Waals surface area (Å²) in [4.78, 5) is 16.6. The summed E-state index contributed by atoms with van der Waals surface area (Å²) in [5, 5.41) is 9.32. The molecule has 0 spiro atoms. The summed E-state index contributed by atoms with van der Waals surface area (Å²) in [5.41, 5.74) is -1.17. The topological polar surface area (TPSA) is 63.0 Å². The number of alkyl halides is 3. The van der Waals surface area contributed by atoms with Gasteiger partial charge in [-0.05, 0) is 30.3 Å². The number of halogens is 3. The van der Waals surface area contributed by atoms with E-state index in [0.29, 0.717) is 6.07 Å². The van der Waals surface area contributed by atoms with Gasteiger partial charge in [0.25, 0.3) is 0 Å². The number of nitriles is 1. The summed E-state index contributed by atoms with van der Waals surface area (Å²) >= 11 is 0. The van der Waals surface area contributed by atoms with E-state index in [2.05, 4.69) is 11.6 Å². The highest BCUT2D eigenvalue weighted by Crippen LogP contribution is 2.34. The third-order valence-corrected chi connectivity index (χ3v) is 3.30. The summed E-state index contributed by atoms with van der Waals surface area (Å²) in [7, 11) is 0. The maximum atomic E-state index is 13.0. The van der Waals surface area contributed by atoms with Gasteiger partial charge in [-0.1, -0.05) is 18.7 Å². The molecule has 0 bridgehead atoms. The molecule has 0 fully saturated rings. The zero-order chi connectivity index (χ0) is 18.4. The molecular weight excluding hydrogens is 333 g/mol. The van der Waals surface area contributed by atoms with Crippen LogP contribution < -0.4 is 4.74 Å². The van der Waals surface area contributed by atoms with Crippen molar-refractivity contribution in [3.05, 3.63) is 72.1 Å². The lowest BCUT2D eigenvalue weighted by Crippen LogP contribution is -2.16. The lowest BCUT2D eigenvalue weighted by Gasteiger charge is -2.15. The van der Waals surface area contributed by atoms with Crippen LogP contribution in [0.1, 0.15) is 27.5 Å². The Labute approximate surface area is 142 Å². The fourth-order valence-corrected chi connectivity index (χ4v) is 2.13. The number of nitrogens with zero attached hydrogens (tertiary/aromatic N) is 2. The van der Waals surface area contributed by atoms with E-state index in [1.54, 1.807) is 18.2 Å². The molecule has 2 aromatic rings. The van der Waals surface area contributed by atoms with Crippen LogP contribution in [0.4, 0.5) is 13.2 Å². The number of aromatic nitrogens is 1. The second kappa shape index (κ2) is 7.62. The van der Waals surface area contributed by atoms with E-state index in [0.717, 1.165) is 12.1 Å². The molecule has 2 rings (SSSR count). The van der Waals surface area contributed by atoms with Crippen LogP contribution in [-0.4, -0.2) is 17.4 Å². The summed E-state index contributed by atoms with van der Waals surface area (Å²) in [6, 6.07) is 9.01. The minimum absolute atomic E-state index is 0.00640. The van der Waals surface area contributed by atoms with Crippen LogP contribution in [0.2, 0.25) is 0 Å². The molecule has 25 heavy (non-hydrogen) atoms. The van der Waals surface area contributed by atoms with Crippen LogP contribution in [0.25, 0.3) is 0 Å². The quantitative estimate of drug-likeness (QED) is 0.582. The molecule has 1 atom stereocenters. The minimum Gasteiger partial charge on any atom is -0.489 e. The average molecular weight is 346 g/mol. The average Bonchev–Trinajstić information content (AvgIpc) is 2.60. The number of Topliss-reactive ketones (excluding diaryl/α,β-unsaturated/α-hetero) is 1. The molecule has 0 aliphatic heterocycles. The number of rotatable bonds is 6. The highest BCUT2D eigenvalue weighted by molar-refractivity contribution is 6.04. The summed E-state index contributed by atoms with van der Waals surface area (Å²) in [6.07, 6.45) is -1.83. The second-order valence-electron chi connectivity index (χ2n) is 4.99. The first kappa shape index (κ1) is 18.2. The third-order valence-electron chi connectivity index (χ3n) is 3.30. The molecule has 0 unspecified atom stereocenters. The van der Waals surface area contributed by atoms with Crippen molar-refractivity contribution >= 4 is 5.78 Å². The van der Waals surface area contributed by atoms with Crippen molar-refractivity contribution in [3.8, 4) is 11.8 Å². The maximum absolute atomic E-state index is 13.0. The number of hydrogen-bond acceptors (Lipinski definition) is 4. The number of pyridine rings is 1. The highest BCUT2D eigenvalue weighted by atomic mass is 19.4. The standard InChI is InChI=1S/C18H13F3N2O2/c1-2-9-25-16-7-6-12(18(19,20)21)10-13(16)17(24)14(11-22)15-5-3-4-8-23-15/h2-8,10,14H,1,9H2/t14-/m1/s1. The number of carbonyl (C=O) groups is 1. The Balaban J connectivity index is 2.51. The van der Waals surface area contributed by atoms with Crippen molar-refractivity contribution in [2.45, 2.75) is 12.1 Å². The first-order valence-corrected chi connectivity index (χ1v) is 7.18. The van der Waals surface area contributed by atoms with Gasteiger partial charge < -0.3 is 4.74 Å². The molecular formula is C18H13F3N2O2. The van der Waals surface area contributed by atoms with E-state index in [9.17, 15) is 23.2 Å². The van der Waals surface area contributed by atoms with E-state index in [1.807, 2.05) is 0 Å². The number of benzene rings is 1. The molecule has 4 nitrogen and oxygen atoms in total. The molecule has 1 aromatic heterocycles. The molecule has 0 radical (unpaired) electrons. The molecule has 0 aliphatic rings. The Bertz CT molecular complexity index is 811. The molecule has 7 heteroatoms.